The van der Waals surface area contributed by atoms with Gasteiger partial charge in [-0.05, 0) is 19.9 Å². The Labute approximate surface area is 96.4 Å². The molecule has 0 radical (unpaired) electrons. The van der Waals surface area contributed by atoms with Gasteiger partial charge in [0, 0.05) is 27.2 Å². The highest BCUT2D eigenvalue weighted by molar-refractivity contribution is 5.77. The van der Waals surface area contributed by atoms with E-state index in [1.807, 2.05) is 17.7 Å². The van der Waals surface area contributed by atoms with Crippen molar-refractivity contribution in [2.24, 2.45) is 0 Å². The second-order valence-corrected chi connectivity index (χ2v) is 3.98. The van der Waals surface area contributed by atoms with Gasteiger partial charge in [-0.25, -0.2) is 0 Å². The predicted octanol–water partition coefficient (Wildman–Crippen LogP) is 0.389. The van der Waals surface area contributed by atoms with E-state index in [-0.39, 0.29) is 5.91 Å². The van der Waals surface area contributed by atoms with Crippen molar-refractivity contribution in [2.75, 3.05) is 20.6 Å². The molecule has 1 amide bonds. The molecule has 0 fully saturated rings. The maximum Gasteiger partial charge on any atom is 0.236 e. The van der Waals surface area contributed by atoms with Crippen LogP contribution in [0.5, 0.6) is 0 Å². The lowest BCUT2D eigenvalue weighted by Crippen LogP contribution is -2.33. The summed E-state index contributed by atoms with van der Waals surface area (Å²) in [6, 6.07) is 2.04. The molecule has 0 aliphatic rings. The van der Waals surface area contributed by atoms with E-state index in [9.17, 15) is 4.79 Å². The van der Waals surface area contributed by atoms with Gasteiger partial charge in [0.25, 0.3) is 0 Å². The van der Waals surface area contributed by atoms with E-state index in [4.69, 9.17) is 0 Å². The van der Waals surface area contributed by atoms with Crippen molar-refractivity contribution in [3.05, 3.63) is 17.5 Å². The third-order valence-corrected chi connectivity index (χ3v) is 2.37. The lowest BCUT2D eigenvalue weighted by atomic mass is 10.3. The van der Waals surface area contributed by atoms with E-state index in [1.165, 1.54) is 0 Å². The summed E-state index contributed by atoms with van der Waals surface area (Å²) in [6.45, 7) is 5.92. The van der Waals surface area contributed by atoms with E-state index < -0.39 is 0 Å². The highest BCUT2D eigenvalue weighted by Gasteiger charge is 2.06. The smallest absolute Gasteiger partial charge is 0.236 e. The Morgan fingerprint density at radius 2 is 2.25 bits per heavy atom. The summed E-state index contributed by atoms with van der Waals surface area (Å²) < 4.78 is 1.95. The number of aryl methyl sites for hydroxylation is 2. The lowest BCUT2D eigenvalue weighted by molar-refractivity contribution is -0.127. The van der Waals surface area contributed by atoms with Gasteiger partial charge in [0.05, 0.1) is 17.9 Å². The normalized spacial score (nSPS) is 10.5. The van der Waals surface area contributed by atoms with Gasteiger partial charge < -0.3 is 10.2 Å². The molecule has 5 nitrogen and oxygen atoms in total. The Balaban J connectivity index is 2.45. The van der Waals surface area contributed by atoms with Gasteiger partial charge in [-0.15, -0.1) is 0 Å². The Kier molecular flexibility index (Phi) is 4.49. The van der Waals surface area contributed by atoms with E-state index in [0.717, 1.165) is 17.9 Å². The lowest BCUT2D eigenvalue weighted by Gasteiger charge is -2.11. The third kappa shape index (κ3) is 3.34. The van der Waals surface area contributed by atoms with Gasteiger partial charge in [-0.2, -0.15) is 5.10 Å². The molecule has 0 aromatic carbocycles. The fraction of sp³-hybridized carbons (Fsp3) is 0.636. The van der Waals surface area contributed by atoms with Crippen LogP contribution < -0.4 is 5.32 Å². The average molecular weight is 224 g/mol. The zero-order valence-corrected chi connectivity index (χ0v) is 10.4. The SMILES string of the molecule is CCn1nc(C)cc1CNCC(=O)N(C)C. The molecule has 0 unspecified atom stereocenters. The van der Waals surface area contributed by atoms with Gasteiger partial charge in [-0.3, -0.25) is 9.48 Å². The molecule has 16 heavy (non-hydrogen) atoms. The maximum absolute atomic E-state index is 11.3. The molecule has 0 saturated heterocycles. The second-order valence-electron chi connectivity index (χ2n) is 3.98. The number of rotatable bonds is 5. The van der Waals surface area contributed by atoms with Gasteiger partial charge in [0.1, 0.15) is 0 Å². The number of aromatic nitrogens is 2. The largest absolute Gasteiger partial charge is 0.348 e. The van der Waals surface area contributed by atoms with Crippen LogP contribution in [0, 0.1) is 6.92 Å². The zero-order chi connectivity index (χ0) is 12.1. The van der Waals surface area contributed by atoms with Crippen LogP contribution in [0.3, 0.4) is 0 Å². The molecule has 1 rings (SSSR count). The minimum absolute atomic E-state index is 0.0827. The first-order chi connectivity index (χ1) is 7.54. The number of nitrogens with one attached hydrogen (secondary N) is 1. The van der Waals surface area contributed by atoms with Crippen molar-refractivity contribution >= 4 is 5.91 Å². The summed E-state index contributed by atoms with van der Waals surface area (Å²) in [5.74, 6) is 0.0827. The van der Waals surface area contributed by atoms with Crippen LogP contribution in [0.1, 0.15) is 18.3 Å². The van der Waals surface area contributed by atoms with Crippen molar-refractivity contribution in [3.8, 4) is 0 Å². The Hall–Kier alpha value is -1.36. The van der Waals surface area contributed by atoms with E-state index >= 15 is 0 Å². The Bertz CT molecular complexity index is 357. The van der Waals surface area contributed by atoms with Gasteiger partial charge in [0.15, 0.2) is 0 Å². The molecule has 0 atom stereocenters. The van der Waals surface area contributed by atoms with Crippen molar-refractivity contribution in [1.82, 2.24) is 20.0 Å². The highest BCUT2D eigenvalue weighted by atomic mass is 16.2. The molecule has 1 heterocycles. The second kappa shape index (κ2) is 5.65. The van der Waals surface area contributed by atoms with E-state index in [0.29, 0.717) is 13.1 Å². The van der Waals surface area contributed by atoms with Crippen molar-refractivity contribution in [2.45, 2.75) is 26.9 Å². The molecule has 0 bridgehead atoms. The first kappa shape index (κ1) is 12.7. The molecular weight excluding hydrogens is 204 g/mol. The van der Waals surface area contributed by atoms with Crippen LogP contribution in [0.25, 0.3) is 0 Å². The van der Waals surface area contributed by atoms with Gasteiger partial charge in [-0.1, -0.05) is 0 Å². The maximum atomic E-state index is 11.3. The van der Waals surface area contributed by atoms with Crippen LogP contribution >= 0.6 is 0 Å². The number of amides is 1. The Morgan fingerprint density at radius 1 is 1.56 bits per heavy atom. The van der Waals surface area contributed by atoms with Crippen LogP contribution in [0.4, 0.5) is 0 Å². The topological polar surface area (TPSA) is 50.2 Å². The summed E-state index contributed by atoms with van der Waals surface area (Å²) in [5, 5.41) is 7.46. The quantitative estimate of drug-likeness (QED) is 0.787. The molecule has 1 aromatic heterocycles. The number of hydrogen-bond donors (Lipinski definition) is 1. The highest BCUT2D eigenvalue weighted by Crippen LogP contribution is 2.02. The van der Waals surface area contributed by atoms with Crippen LogP contribution in [0.2, 0.25) is 0 Å². The number of carbonyl (C=O) groups excluding carboxylic acids is 1. The van der Waals surface area contributed by atoms with E-state index in [1.54, 1.807) is 19.0 Å². The molecule has 0 saturated carbocycles. The van der Waals surface area contributed by atoms with Crippen molar-refractivity contribution in [1.29, 1.82) is 0 Å². The van der Waals surface area contributed by atoms with Crippen LogP contribution in [0.15, 0.2) is 6.07 Å². The molecule has 0 aliphatic heterocycles. The van der Waals surface area contributed by atoms with Crippen molar-refractivity contribution < 1.29 is 4.79 Å². The molecule has 5 heteroatoms. The fourth-order valence-corrected chi connectivity index (χ4v) is 1.47. The van der Waals surface area contributed by atoms with Gasteiger partial charge in [0.2, 0.25) is 5.91 Å². The number of nitrogens with zero attached hydrogens (tertiary/aromatic N) is 3. The minimum atomic E-state index is 0.0827. The first-order valence-corrected chi connectivity index (χ1v) is 5.48. The first-order valence-electron chi connectivity index (χ1n) is 5.48. The van der Waals surface area contributed by atoms with Crippen LogP contribution in [-0.4, -0.2) is 41.2 Å². The minimum Gasteiger partial charge on any atom is -0.348 e. The van der Waals surface area contributed by atoms with Gasteiger partial charge >= 0.3 is 0 Å². The molecule has 0 aliphatic carbocycles. The Morgan fingerprint density at radius 3 is 2.81 bits per heavy atom. The fourth-order valence-electron chi connectivity index (χ4n) is 1.47. The molecule has 0 spiro atoms. The number of hydrogen-bond acceptors (Lipinski definition) is 3. The number of carbonyl (C=O) groups is 1. The predicted molar refractivity (Wildman–Crippen MR) is 63.0 cm³/mol. The standard InChI is InChI=1S/C11H20N4O/c1-5-15-10(6-9(2)13-15)7-12-8-11(16)14(3)4/h6,12H,5,7-8H2,1-4H3. The van der Waals surface area contributed by atoms with Crippen LogP contribution in [-0.2, 0) is 17.9 Å². The molecule has 1 N–H and O–H groups in total. The average Bonchev–Trinajstić information content (AvgIpc) is 2.58. The zero-order valence-electron chi connectivity index (χ0n) is 10.4. The summed E-state index contributed by atoms with van der Waals surface area (Å²) in [6.07, 6.45) is 0. The summed E-state index contributed by atoms with van der Waals surface area (Å²) in [7, 11) is 3.51. The summed E-state index contributed by atoms with van der Waals surface area (Å²) in [4.78, 5) is 12.9. The summed E-state index contributed by atoms with van der Waals surface area (Å²) >= 11 is 0. The summed E-state index contributed by atoms with van der Waals surface area (Å²) in [5.41, 5.74) is 2.13. The monoisotopic (exact) mass is 224 g/mol. The number of likely N-dealkylation sites (N-methyl/N-ethyl adjacent to an activating group) is 1. The molecular formula is C11H20N4O. The third-order valence-electron chi connectivity index (χ3n) is 2.37. The van der Waals surface area contributed by atoms with Crippen molar-refractivity contribution in [3.63, 3.8) is 0 Å². The van der Waals surface area contributed by atoms with E-state index in [2.05, 4.69) is 17.3 Å². The molecule has 1 aromatic rings. The molecule has 90 valence electrons.